The van der Waals surface area contributed by atoms with Crippen LogP contribution in [0, 0.1) is 0 Å². The molecule has 0 spiro atoms. The molecule has 0 heterocycles. The highest BCUT2D eigenvalue weighted by molar-refractivity contribution is 5.84. The molecule has 1 atom stereocenters. The lowest BCUT2D eigenvalue weighted by molar-refractivity contribution is -0.128. The number of carbonyl (C=O) groups is 1. The minimum Gasteiger partial charge on any atom is -0.493 e. The quantitative estimate of drug-likeness (QED) is 0.426. The predicted octanol–water partition coefficient (Wildman–Crippen LogP) is 5.54. The summed E-state index contributed by atoms with van der Waals surface area (Å²) in [5, 5.41) is 5.28. The van der Waals surface area contributed by atoms with Crippen molar-refractivity contribution in [2.24, 2.45) is 0 Å². The van der Waals surface area contributed by atoms with Crippen molar-refractivity contribution in [1.82, 2.24) is 5.32 Å². The number of para-hydroxylation sites is 1. The van der Waals surface area contributed by atoms with Gasteiger partial charge in [0.15, 0.2) is 6.10 Å². The van der Waals surface area contributed by atoms with Crippen LogP contribution >= 0.6 is 0 Å². The van der Waals surface area contributed by atoms with Crippen LogP contribution < -0.4 is 14.8 Å². The summed E-state index contributed by atoms with van der Waals surface area (Å²) in [7, 11) is 0. The van der Waals surface area contributed by atoms with Crippen LogP contribution in [0.25, 0.3) is 10.8 Å². The van der Waals surface area contributed by atoms with Crippen molar-refractivity contribution in [3.8, 4) is 11.5 Å². The third-order valence-electron chi connectivity index (χ3n) is 5.02. The molecule has 0 radical (unpaired) electrons. The molecule has 0 aliphatic carbocycles. The highest BCUT2D eigenvalue weighted by Crippen LogP contribution is 2.22. The lowest BCUT2D eigenvalue weighted by atomic mass is 10.1. The molecule has 4 heteroatoms. The largest absolute Gasteiger partial charge is 0.493 e. The van der Waals surface area contributed by atoms with Gasteiger partial charge in [0.25, 0.3) is 5.91 Å². The van der Waals surface area contributed by atoms with E-state index in [1.165, 1.54) is 5.56 Å². The van der Waals surface area contributed by atoms with Crippen LogP contribution in [0.2, 0.25) is 0 Å². The molecule has 0 aliphatic rings. The Morgan fingerprint density at radius 3 is 2.53 bits per heavy atom. The number of aryl methyl sites for hydroxylation is 1. The molecule has 30 heavy (non-hydrogen) atoms. The topological polar surface area (TPSA) is 47.6 Å². The molecular formula is C26H31NO3. The van der Waals surface area contributed by atoms with Gasteiger partial charge in [-0.2, -0.15) is 0 Å². The zero-order valence-corrected chi connectivity index (χ0v) is 17.9. The lowest BCUT2D eigenvalue weighted by Crippen LogP contribution is -2.38. The second kappa shape index (κ2) is 11.2. The number of carbonyl (C=O) groups excluding carboxylic acids is 1. The summed E-state index contributed by atoms with van der Waals surface area (Å²) < 4.78 is 11.8. The molecule has 4 nitrogen and oxygen atoms in total. The van der Waals surface area contributed by atoms with E-state index in [1.807, 2.05) is 61.5 Å². The van der Waals surface area contributed by atoms with Crippen molar-refractivity contribution in [2.45, 2.75) is 45.6 Å². The Morgan fingerprint density at radius 1 is 0.967 bits per heavy atom. The van der Waals surface area contributed by atoms with E-state index in [2.05, 4.69) is 24.4 Å². The third-order valence-corrected chi connectivity index (χ3v) is 5.02. The molecule has 0 aliphatic heterocycles. The summed E-state index contributed by atoms with van der Waals surface area (Å²) in [5.74, 6) is 1.59. The van der Waals surface area contributed by atoms with Gasteiger partial charge in [-0.1, -0.05) is 62.4 Å². The number of hydrogen-bond acceptors (Lipinski definition) is 3. The molecule has 0 saturated heterocycles. The standard InChI is InChI=1S/C26H31NO3/c1-3-18-29-25-14-8-7-11-21(25)13-9-17-27-26(28)24(4-2)30-23-16-15-20-10-5-6-12-22(20)19-23/h5-8,10-12,14-16,19,24H,3-4,9,13,17-18H2,1-2H3,(H,27,28)/t24-/m1/s1. The Labute approximate surface area is 179 Å². The first-order valence-corrected chi connectivity index (χ1v) is 10.8. The van der Waals surface area contributed by atoms with Crippen LogP contribution in [0.3, 0.4) is 0 Å². The van der Waals surface area contributed by atoms with Crippen molar-refractivity contribution in [3.05, 3.63) is 72.3 Å². The molecule has 0 fully saturated rings. The highest BCUT2D eigenvalue weighted by atomic mass is 16.5. The molecule has 1 N–H and O–H groups in total. The van der Waals surface area contributed by atoms with E-state index in [1.54, 1.807) is 0 Å². The number of benzene rings is 3. The van der Waals surface area contributed by atoms with Crippen LogP contribution in [-0.2, 0) is 11.2 Å². The maximum absolute atomic E-state index is 12.6. The minimum atomic E-state index is -0.494. The number of hydrogen-bond donors (Lipinski definition) is 1. The van der Waals surface area contributed by atoms with Gasteiger partial charge in [-0.15, -0.1) is 0 Å². The summed E-state index contributed by atoms with van der Waals surface area (Å²) in [4.78, 5) is 12.6. The van der Waals surface area contributed by atoms with Crippen LogP contribution in [0.15, 0.2) is 66.7 Å². The molecule has 1 amide bonds. The van der Waals surface area contributed by atoms with Crippen molar-refractivity contribution < 1.29 is 14.3 Å². The normalized spacial score (nSPS) is 11.8. The molecule has 158 valence electrons. The second-order valence-electron chi connectivity index (χ2n) is 7.37. The minimum absolute atomic E-state index is 0.0684. The van der Waals surface area contributed by atoms with Gasteiger partial charge in [0.2, 0.25) is 0 Å². The molecule has 0 aromatic heterocycles. The van der Waals surface area contributed by atoms with E-state index in [0.29, 0.717) is 13.0 Å². The van der Waals surface area contributed by atoms with Gasteiger partial charge in [0.05, 0.1) is 6.61 Å². The van der Waals surface area contributed by atoms with E-state index in [4.69, 9.17) is 9.47 Å². The Hall–Kier alpha value is -3.01. The SMILES string of the molecule is CCCOc1ccccc1CCCNC(=O)[C@@H](CC)Oc1ccc2ccccc2c1. The number of ether oxygens (including phenoxy) is 2. The molecule has 3 aromatic carbocycles. The van der Waals surface area contributed by atoms with E-state index < -0.39 is 6.10 Å². The van der Waals surface area contributed by atoms with E-state index >= 15 is 0 Å². The smallest absolute Gasteiger partial charge is 0.261 e. The summed E-state index contributed by atoms with van der Waals surface area (Å²) in [6.07, 6.45) is 2.82. The molecule has 3 aromatic rings. The van der Waals surface area contributed by atoms with E-state index in [0.717, 1.165) is 48.1 Å². The first-order chi connectivity index (χ1) is 14.7. The zero-order chi connectivity index (χ0) is 21.2. The second-order valence-corrected chi connectivity index (χ2v) is 7.37. The number of nitrogens with one attached hydrogen (secondary N) is 1. The Kier molecular flexibility index (Phi) is 8.13. The zero-order valence-electron chi connectivity index (χ0n) is 17.9. The number of fused-ring (bicyclic) bond motifs is 1. The average molecular weight is 406 g/mol. The van der Waals surface area contributed by atoms with Gasteiger partial charge in [0.1, 0.15) is 11.5 Å². The van der Waals surface area contributed by atoms with Gasteiger partial charge in [-0.3, -0.25) is 4.79 Å². The van der Waals surface area contributed by atoms with Gasteiger partial charge < -0.3 is 14.8 Å². The highest BCUT2D eigenvalue weighted by Gasteiger charge is 2.18. The molecule has 0 unspecified atom stereocenters. The maximum atomic E-state index is 12.6. The van der Waals surface area contributed by atoms with Gasteiger partial charge in [-0.25, -0.2) is 0 Å². The summed E-state index contributed by atoms with van der Waals surface area (Å²) in [5.41, 5.74) is 1.18. The first-order valence-electron chi connectivity index (χ1n) is 10.8. The van der Waals surface area contributed by atoms with Crippen molar-refractivity contribution in [3.63, 3.8) is 0 Å². The number of amides is 1. The summed E-state index contributed by atoms with van der Waals surface area (Å²) >= 11 is 0. The van der Waals surface area contributed by atoms with Crippen LogP contribution in [0.1, 0.15) is 38.7 Å². The third kappa shape index (κ3) is 5.99. The van der Waals surface area contributed by atoms with Crippen molar-refractivity contribution in [2.75, 3.05) is 13.2 Å². The lowest BCUT2D eigenvalue weighted by Gasteiger charge is -2.18. The Bertz CT molecular complexity index is 954. The Morgan fingerprint density at radius 2 is 1.73 bits per heavy atom. The van der Waals surface area contributed by atoms with Gasteiger partial charge >= 0.3 is 0 Å². The van der Waals surface area contributed by atoms with E-state index in [9.17, 15) is 4.79 Å². The molecule has 0 saturated carbocycles. The Balaban J connectivity index is 1.49. The van der Waals surface area contributed by atoms with Gasteiger partial charge in [-0.05, 0) is 60.2 Å². The summed E-state index contributed by atoms with van der Waals surface area (Å²) in [6.45, 7) is 5.39. The average Bonchev–Trinajstić information content (AvgIpc) is 2.79. The fraction of sp³-hybridized carbons (Fsp3) is 0.346. The van der Waals surface area contributed by atoms with Gasteiger partial charge in [0, 0.05) is 6.54 Å². The first kappa shape index (κ1) is 21.7. The molecule has 0 bridgehead atoms. The fourth-order valence-corrected chi connectivity index (χ4v) is 3.39. The van der Waals surface area contributed by atoms with Crippen LogP contribution in [0.5, 0.6) is 11.5 Å². The van der Waals surface area contributed by atoms with E-state index in [-0.39, 0.29) is 5.91 Å². The predicted molar refractivity (Wildman–Crippen MR) is 122 cm³/mol. The summed E-state index contributed by atoms with van der Waals surface area (Å²) in [6, 6.07) is 22.2. The van der Waals surface area contributed by atoms with Crippen LogP contribution in [0.4, 0.5) is 0 Å². The van der Waals surface area contributed by atoms with Crippen molar-refractivity contribution >= 4 is 16.7 Å². The maximum Gasteiger partial charge on any atom is 0.261 e. The monoisotopic (exact) mass is 405 g/mol. The van der Waals surface area contributed by atoms with Crippen LogP contribution in [-0.4, -0.2) is 25.2 Å². The fourth-order valence-electron chi connectivity index (χ4n) is 3.39. The molecule has 3 rings (SSSR count). The number of rotatable bonds is 11. The molecular weight excluding hydrogens is 374 g/mol. The van der Waals surface area contributed by atoms with Crippen molar-refractivity contribution in [1.29, 1.82) is 0 Å².